The van der Waals surface area contributed by atoms with Gasteiger partial charge in [0, 0.05) is 0 Å². The van der Waals surface area contributed by atoms with Gasteiger partial charge in [0.1, 0.15) is 5.76 Å². The lowest BCUT2D eigenvalue weighted by Gasteiger charge is -1.97. The Kier molecular flexibility index (Phi) is 2.11. The van der Waals surface area contributed by atoms with Crippen molar-refractivity contribution in [2.45, 2.75) is 0 Å². The Morgan fingerprint density at radius 3 is 2.91 bits per heavy atom. The fourth-order valence-electron chi connectivity index (χ4n) is 0.674. The summed E-state index contributed by atoms with van der Waals surface area (Å²) in [6.07, 6.45) is 1.48. The highest BCUT2D eigenvalue weighted by Gasteiger charge is 2.10. The Bertz CT molecular complexity index is 259. The molecule has 1 rings (SSSR count). The highest BCUT2D eigenvalue weighted by Crippen LogP contribution is 2.13. The van der Waals surface area contributed by atoms with E-state index in [0.717, 1.165) is 0 Å². The van der Waals surface area contributed by atoms with E-state index in [2.05, 4.69) is 11.3 Å². The van der Waals surface area contributed by atoms with Gasteiger partial charge >= 0.3 is 5.97 Å². The number of carbonyl (C=O) groups excluding carboxylic acids is 1. The summed E-state index contributed by atoms with van der Waals surface area (Å²) in [6.45, 7) is 3.50. The number of hydrogen-bond donors (Lipinski definition) is 0. The number of furan rings is 1. The van der Waals surface area contributed by atoms with E-state index in [0.29, 0.717) is 5.76 Å². The molecule has 58 valence electrons. The van der Waals surface area contributed by atoms with Gasteiger partial charge in [0.2, 0.25) is 0 Å². The predicted molar refractivity (Wildman–Crippen MR) is 39.8 cm³/mol. The normalized spacial score (nSPS) is 9.18. The van der Waals surface area contributed by atoms with Crippen LogP contribution < -0.4 is 0 Å². The summed E-state index contributed by atoms with van der Waals surface area (Å²) in [4.78, 5) is 10.8. The first kappa shape index (κ1) is 7.60. The summed E-state index contributed by atoms with van der Waals surface area (Å²) in [7, 11) is 1.30. The van der Waals surface area contributed by atoms with E-state index >= 15 is 0 Å². The zero-order valence-electron chi connectivity index (χ0n) is 6.16. The van der Waals surface area contributed by atoms with Gasteiger partial charge < -0.3 is 9.15 Å². The number of rotatable bonds is 2. The predicted octanol–water partition coefficient (Wildman–Crippen LogP) is 1.47. The third-order valence-electron chi connectivity index (χ3n) is 1.25. The number of methoxy groups -OCH3 is 1. The van der Waals surface area contributed by atoms with Gasteiger partial charge in [0.05, 0.1) is 18.9 Å². The van der Waals surface area contributed by atoms with Crippen LogP contribution in [0.4, 0.5) is 0 Å². The summed E-state index contributed by atoms with van der Waals surface area (Å²) in [5.41, 5.74) is 0.234. The third-order valence-corrected chi connectivity index (χ3v) is 1.25. The maximum Gasteiger partial charge on any atom is 0.341 e. The molecule has 11 heavy (non-hydrogen) atoms. The summed E-state index contributed by atoms with van der Waals surface area (Å²) >= 11 is 0. The Morgan fingerprint density at radius 2 is 2.45 bits per heavy atom. The lowest BCUT2D eigenvalue weighted by atomic mass is 10.2. The smallest absolute Gasteiger partial charge is 0.341 e. The van der Waals surface area contributed by atoms with E-state index in [4.69, 9.17) is 4.42 Å². The first-order chi connectivity index (χ1) is 5.25. The van der Waals surface area contributed by atoms with E-state index in [9.17, 15) is 4.79 Å². The largest absolute Gasteiger partial charge is 0.465 e. The molecule has 0 aliphatic rings. The highest BCUT2D eigenvalue weighted by atomic mass is 16.5. The first-order valence-electron chi connectivity index (χ1n) is 3.07. The standard InChI is InChI=1S/C8H8O3/c1-6(8(9)10-2)7-4-3-5-11-7/h3-5H,1H2,2H3. The Hall–Kier alpha value is -1.51. The van der Waals surface area contributed by atoms with Crippen molar-refractivity contribution in [3.05, 3.63) is 30.7 Å². The maximum absolute atomic E-state index is 10.8. The second kappa shape index (κ2) is 3.05. The molecule has 1 aromatic heterocycles. The fraction of sp³-hybridized carbons (Fsp3) is 0.125. The quantitative estimate of drug-likeness (QED) is 0.475. The molecule has 0 aliphatic carbocycles. The third kappa shape index (κ3) is 1.49. The molecule has 0 radical (unpaired) electrons. The van der Waals surface area contributed by atoms with Crippen molar-refractivity contribution in [1.82, 2.24) is 0 Å². The van der Waals surface area contributed by atoms with E-state index in [1.807, 2.05) is 0 Å². The average molecular weight is 152 g/mol. The molecule has 0 spiro atoms. The van der Waals surface area contributed by atoms with Gasteiger partial charge in [-0.1, -0.05) is 6.58 Å². The first-order valence-corrected chi connectivity index (χ1v) is 3.07. The van der Waals surface area contributed by atoms with Crippen LogP contribution >= 0.6 is 0 Å². The minimum Gasteiger partial charge on any atom is -0.465 e. The zero-order valence-corrected chi connectivity index (χ0v) is 6.16. The lowest BCUT2D eigenvalue weighted by molar-refractivity contribution is -0.133. The molecule has 3 heteroatoms. The molecule has 0 saturated heterocycles. The van der Waals surface area contributed by atoms with E-state index < -0.39 is 5.97 Å². The fourth-order valence-corrected chi connectivity index (χ4v) is 0.674. The van der Waals surface area contributed by atoms with Crippen molar-refractivity contribution in [1.29, 1.82) is 0 Å². The SMILES string of the molecule is C=C(C(=O)OC)c1ccco1. The molecule has 0 fully saturated rings. The summed E-state index contributed by atoms with van der Waals surface area (Å²) in [5.74, 6) is -0.0307. The lowest BCUT2D eigenvalue weighted by Crippen LogP contribution is -2.01. The van der Waals surface area contributed by atoms with Crippen molar-refractivity contribution in [3.8, 4) is 0 Å². The monoisotopic (exact) mass is 152 g/mol. The van der Waals surface area contributed by atoms with Crippen molar-refractivity contribution in [2.75, 3.05) is 7.11 Å². The van der Waals surface area contributed by atoms with E-state index in [1.54, 1.807) is 12.1 Å². The Balaban J connectivity index is 2.79. The van der Waals surface area contributed by atoms with Crippen LogP contribution in [0, 0.1) is 0 Å². The zero-order chi connectivity index (χ0) is 8.27. The summed E-state index contributed by atoms with van der Waals surface area (Å²) < 4.78 is 9.36. The summed E-state index contributed by atoms with van der Waals surface area (Å²) in [5, 5.41) is 0. The van der Waals surface area contributed by atoms with Gasteiger partial charge in [-0.15, -0.1) is 0 Å². The Labute approximate surface area is 64.3 Å². The highest BCUT2D eigenvalue weighted by molar-refractivity contribution is 6.14. The number of carbonyl (C=O) groups is 1. The molecule has 0 amide bonds. The number of hydrogen-bond acceptors (Lipinski definition) is 3. The number of esters is 1. The molecule has 3 nitrogen and oxygen atoms in total. The van der Waals surface area contributed by atoms with Crippen LogP contribution in [0.3, 0.4) is 0 Å². The summed E-state index contributed by atoms with van der Waals surface area (Å²) in [6, 6.07) is 3.34. The van der Waals surface area contributed by atoms with Crippen LogP contribution in [0.25, 0.3) is 5.57 Å². The molecule has 0 aliphatic heterocycles. The van der Waals surface area contributed by atoms with Gasteiger partial charge in [-0.05, 0) is 12.1 Å². The van der Waals surface area contributed by atoms with Gasteiger partial charge in [-0.25, -0.2) is 4.79 Å². The van der Waals surface area contributed by atoms with Crippen molar-refractivity contribution < 1.29 is 13.9 Å². The van der Waals surface area contributed by atoms with Crippen LogP contribution in [0.5, 0.6) is 0 Å². The molecule has 0 atom stereocenters. The molecule has 1 aromatic rings. The van der Waals surface area contributed by atoms with Crippen LogP contribution in [0.2, 0.25) is 0 Å². The van der Waals surface area contributed by atoms with Crippen LogP contribution in [0.15, 0.2) is 29.4 Å². The molecule has 0 N–H and O–H groups in total. The molecular formula is C8H8O3. The Morgan fingerprint density at radius 1 is 1.73 bits per heavy atom. The average Bonchev–Trinajstić information content (AvgIpc) is 2.53. The van der Waals surface area contributed by atoms with Gasteiger partial charge in [-0.2, -0.15) is 0 Å². The van der Waals surface area contributed by atoms with E-state index in [-0.39, 0.29) is 5.57 Å². The van der Waals surface area contributed by atoms with Crippen molar-refractivity contribution >= 4 is 11.5 Å². The second-order valence-corrected chi connectivity index (χ2v) is 1.95. The molecule has 0 saturated carbocycles. The van der Waals surface area contributed by atoms with Crippen LogP contribution in [-0.2, 0) is 9.53 Å². The van der Waals surface area contributed by atoms with Crippen molar-refractivity contribution in [2.24, 2.45) is 0 Å². The van der Waals surface area contributed by atoms with Crippen molar-refractivity contribution in [3.63, 3.8) is 0 Å². The molecule has 0 bridgehead atoms. The van der Waals surface area contributed by atoms with Gasteiger partial charge in [0.15, 0.2) is 0 Å². The maximum atomic E-state index is 10.8. The molecular weight excluding hydrogens is 144 g/mol. The topological polar surface area (TPSA) is 39.4 Å². The van der Waals surface area contributed by atoms with Crippen LogP contribution in [0.1, 0.15) is 5.76 Å². The van der Waals surface area contributed by atoms with Gasteiger partial charge in [-0.3, -0.25) is 0 Å². The van der Waals surface area contributed by atoms with Crippen LogP contribution in [-0.4, -0.2) is 13.1 Å². The second-order valence-electron chi connectivity index (χ2n) is 1.95. The minimum absolute atomic E-state index is 0.234. The van der Waals surface area contributed by atoms with Gasteiger partial charge in [0.25, 0.3) is 0 Å². The molecule has 0 unspecified atom stereocenters. The minimum atomic E-state index is -0.472. The molecule has 0 aromatic carbocycles. The van der Waals surface area contributed by atoms with E-state index in [1.165, 1.54) is 13.4 Å². The number of ether oxygens (including phenoxy) is 1. The molecule has 1 heterocycles.